The quantitative estimate of drug-likeness (QED) is 0.380. The third kappa shape index (κ3) is 4.17. The topological polar surface area (TPSA) is 110 Å². The molecule has 5 rings (SSSR count). The molecule has 8 heteroatoms. The van der Waals surface area contributed by atoms with Crippen molar-refractivity contribution >= 4 is 10.9 Å². The zero-order valence-electron chi connectivity index (χ0n) is 18.8. The van der Waals surface area contributed by atoms with Gasteiger partial charge in [-0.25, -0.2) is 4.98 Å². The van der Waals surface area contributed by atoms with Crippen molar-refractivity contribution in [2.45, 2.75) is 32.7 Å². The highest BCUT2D eigenvalue weighted by atomic mass is 16.3. The number of benzene rings is 3. The predicted octanol–water partition coefficient (Wildman–Crippen LogP) is 4.34. The van der Waals surface area contributed by atoms with Crippen molar-refractivity contribution in [1.82, 2.24) is 30.2 Å². The number of unbranched alkanes of at least 4 members (excludes halogenated alkanes) is 1. The van der Waals surface area contributed by atoms with E-state index in [1.807, 2.05) is 48.5 Å². The minimum atomic E-state index is -0.140. The third-order valence-corrected chi connectivity index (χ3v) is 5.89. The summed E-state index contributed by atoms with van der Waals surface area (Å²) in [5.41, 5.74) is 4.36. The van der Waals surface area contributed by atoms with E-state index in [-0.39, 0.29) is 11.3 Å². The molecule has 5 aromatic rings. The molecule has 0 aliphatic carbocycles. The van der Waals surface area contributed by atoms with E-state index in [4.69, 9.17) is 4.98 Å². The van der Waals surface area contributed by atoms with Crippen LogP contribution in [0.25, 0.3) is 33.4 Å². The number of aromatic hydroxyl groups is 1. The smallest absolute Gasteiger partial charge is 0.261 e. The normalized spacial score (nSPS) is 11.2. The van der Waals surface area contributed by atoms with Crippen molar-refractivity contribution in [3.05, 3.63) is 88.5 Å². The molecule has 2 N–H and O–H groups in total. The van der Waals surface area contributed by atoms with Crippen LogP contribution in [-0.4, -0.2) is 35.3 Å². The zero-order valence-corrected chi connectivity index (χ0v) is 18.8. The van der Waals surface area contributed by atoms with Crippen LogP contribution in [-0.2, 0) is 13.0 Å². The number of H-pyrrole nitrogens is 1. The van der Waals surface area contributed by atoms with E-state index >= 15 is 0 Å². The van der Waals surface area contributed by atoms with E-state index < -0.39 is 0 Å². The second kappa shape index (κ2) is 9.27. The summed E-state index contributed by atoms with van der Waals surface area (Å²) in [6.07, 6.45) is 2.68. The molecule has 0 unspecified atom stereocenters. The van der Waals surface area contributed by atoms with E-state index in [1.165, 1.54) is 6.07 Å². The molecule has 0 saturated carbocycles. The van der Waals surface area contributed by atoms with E-state index in [0.29, 0.717) is 23.3 Å². The molecular weight excluding hydrogens is 428 g/mol. The van der Waals surface area contributed by atoms with Crippen LogP contribution in [0, 0.1) is 0 Å². The Balaban J connectivity index is 1.51. The summed E-state index contributed by atoms with van der Waals surface area (Å²) in [7, 11) is 0. The van der Waals surface area contributed by atoms with Crippen LogP contribution >= 0.6 is 0 Å². The Morgan fingerprint density at radius 3 is 2.53 bits per heavy atom. The Hall–Kier alpha value is -4.33. The number of nitrogens with zero attached hydrogens (tertiary/aromatic N) is 5. The number of tetrazole rings is 1. The lowest BCUT2D eigenvalue weighted by molar-refractivity contribution is 0.476. The van der Waals surface area contributed by atoms with E-state index in [9.17, 15) is 9.90 Å². The molecule has 0 aliphatic heterocycles. The molecule has 0 amide bonds. The molecule has 0 bridgehead atoms. The average molecular weight is 453 g/mol. The van der Waals surface area contributed by atoms with Gasteiger partial charge in [0.25, 0.3) is 5.56 Å². The van der Waals surface area contributed by atoms with Crippen LogP contribution in [0.4, 0.5) is 0 Å². The fourth-order valence-electron chi connectivity index (χ4n) is 4.12. The van der Waals surface area contributed by atoms with Gasteiger partial charge in [-0.2, -0.15) is 5.21 Å². The molecule has 0 atom stereocenters. The molecule has 34 heavy (non-hydrogen) atoms. The monoisotopic (exact) mass is 452 g/mol. The first-order valence-electron chi connectivity index (χ1n) is 11.3. The maximum Gasteiger partial charge on any atom is 0.261 e. The molecule has 0 radical (unpaired) electrons. The summed E-state index contributed by atoms with van der Waals surface area (Å²) in [4.78, 5) is 18.1. The molecule has 0 saturated heterocycles. The number of rotatable bonds is 7. The Morgan fingerprint density at radius 1 is 1.00 bits per heavy atom. The summed E-state index contributed by atoms with van der Waals surface area (Å²) in [5, 5.41) is 24.7. The van der Waals surface area contributed by atoms with E-state index in [1.54, 1.807) is 16.7 Å². The van der Waals surface area contributed by atoms with Crippen molar-refractivity contribution in [2.24, 2.45) is 0 Å². The SMILES string of the molecule is CCCCc1nc2ccc(O)cc2c(=O)n1Cc1ccc(-c2ccccc2-c2nn[nH]n2)cc1. The molecule has 8 nitrogen and oxygen atoms in total. The number of hydrogen-bond acceptors (Lipinski definition) is 6. The van der Waals surface area contributed by atoms with Crippen molar-refractivity contribution < 1.29 is 5.11 Å². The molecule has 0 spiro atoms. The number of phenols is 1. The van der Waals surface area contributed by atoms with Crippen LogP contribution in [0.5, 0.6) is 5.75 Å². The lowest BCUT2D eigenvalue weighted by Gasteiger charge is -2.14. The highest BCUT2D eigenvalue weighted by molar-refractivity contribution is 5.80. The molecule has 3 aromatic carbocycles. The van der Waals surface area contributed by atoms with Gasteiger partial charge in [-0.05, 0) is 46.5 Å². The van der Waals surface area contributed by atoms with Crippen molar-refractivity contribution in [3.8, 4) is 28.3 Å². The molecule has 2 heterocycles. The van der Waals surface area contributed by atoms with Crippen molar-refractivity contribution in [2.75, 3.05) is 0 Å². The van der Waals surface area contributed by atoms with Gasteiger partial charge in [0.2, 0.25) is 5.82 Å². The predicted molar refractivity (Wildman–Crippen MR) is 130 cm³/mol. The zero-order chi connectivity index (χ0) is 23.5. The van der Waals surface area contributed by atoms with Crippen LogP contribution in [0.2, 0.25) is 0 Å². The van der Waals surface area contributed by atoms with Crippen LogP contribution < -0.4 is 5.56 Å². The van der Waals surface area contributed by atoms with Gasteiger partial charge in [0.1, 0.15) is 11.6 Å². The summed E-state index contributed by atoms with van der Waals surface area (Å²) in [5.74, 6) is 1.36. The standard InChI is InChI=1S/C26H24N6O2/c1-2-3-8-24-27-23-14-13-19(33)15-22(23)26(34)32(24)16-17-9-11-18(12-10-17)20-6-4-5-7-21(20)25-28-30-31-29-25/h4-7,9-15,33H,2-3,8,16H2,1H3,(H,28,29,30,31). The Kier molecular flexibility index (Phi) is 5.86. The summed E-state index contributed by atoms with van der Waals surface area (Å²) in [6.45, 7) is 2.52. The number of fused-ring (bicyclic) bond motifs is 1. The summed E-state index contributed by atoms with van der Waals surface area (Å²) >= 11 is 0. The van der Waals surface area contributed by atoms with Gasteiger partial charge in [0.15, 0.2) is 0 Å². The molecule has 0 aliphatic rings. The van der Waals surface area contributed by atoms with Crippen LogP contribution in [0.3, 0.4) is 0 Å². The molecular formula is C26H24N6O2. The molecule has 2 aromatic heterocycles. The Morgan fingerprint density at radius 2 is 1.79 bits per heavy atom. The van der Waals surface area contributed by atoms with Gasteiger partial charge in [-0.1, -0.05) is 61.9 Å². The number of phenolic OH excluding ortho intramolecular Hbond substituents is 1. The maximum absolute atomic E-state index is 13.3. The van der Waals surface area contributed by atoms with Gasteiger partial charge >= 0.3 is 0 Å². The van der Waals surface area contributed by atoms with Crippen LogP contribution in [0.1, 0.15) is 31.2 Å². The largest absolute Gasteiger partial charge is 0.508 e. The fourth-order valence-corrected chi connectivity index (χ4v) is 4.12. The first kappa shape index (κ1) is 21.5. The first-order valence-corrected chi connectivity index (χ1v) is 11.3. The summed E-state index contributed by atoms with van der Waals surface area (Å²) in [6, 6.07) is 20.8. The van der Waals surface area contributed by atoms with E-state index in [0.717, 1.165) is 47.3 Å². The van der Waals surface area contributed by atoms with Gasteiger partial charge in [-0.3, -0.25) is 9.36 Å². The van der Waals surface area contributed by atoms with Gasteiger partial charge < -0.3 is 5.11 Å². The lowest BCUT2D eigenvalue weighted by Crippen LogP contribution is -2.26. The molecule has 170 valence electrons. The average Bonchev–Trinajstić information content (AvgIpc) is 3.40. The summed E-state index contributed by atoms with van der Waals surface area (Å²) < 4.78 is 1.72. The minimum absolute atomic E-state index is 0.0591. The number of aromatic nitrogens is 6. The molecule has 0 fully saturated rings. The van der Waals surface area contributed by atoms with Crippen LogP contribution in [0.15, 0.2) is 71.5 Å². The number of nitrogens with one attached hydrogen (secondary N) is 1. The lowest BCUT2D eigenvalue weighted by atomic mass is 9.98. The van der Waals surface area contributed by atoms with Gasteiger partial charge in [-0.15, -0.1) is 10.2 Å². The van der Waals surface area contributed by atoms with Crippen molar-refractivity contribution in [3.63, 3.8) is 0 Å². The van der Waals surface area contributed by atoms with E-state index in [2.05, 4.69) is 27.5 Å². The highest BCUT2D eigenvalue weighted by Gasteiger charge is 2.14. The first-order chi connectivity index (χ1) is 16.6. The van der Waals surface area contributed by atoms with Gasteiger partial charge in [0, 0.05) is 12.0 Å². The third-order valence-electron chi connectivity index (χ3n) is 5.89. The Bertz CT molecular complexity index is 1490. The van der Waals surface area contributed by atoms with Gasteiger partial charge in [0.05, 0.1) is 17.4 Å². The number of aryl methyl sites for hydroxylation is 1. The maximum atomic E-state index is 13.3. The van der Waals surface area contributed by atoms with Crippen molar-refractivity contribution in [1.29, 1.82) is 0 Å². The second-order valence-electron chi connectivity index (χ2n) is 8.20. The fraction of sp³-hybridized carbons (Fsp3) is 0.192. The number of hydrogen-bond donors (Lipinski definition) is 2. The number of aromatic amines is 1. The second-order valence-corrected chi connectivity index (χ2v) is 8.20. The Labute approximate surface area is 195 Å². The highest BCUT2D eigenvalue weighted by Crippen LogP contribution is 2.30. The minimum Gasteiger partial charge on any atom is -0.508 e.